The van der Waals surface area contributed by atoms with Gasteiger partial charge in [-0.2, -0.15) is 0 Å². The lowest BCUT2D eigenvalue weighted by molar-refractivity contribution is -0.148. The third-order valence-corrected chi connectivity index (χ3v) is 11.4. The summed E-state index contributed by atoms with van der Waals surface area (Å²) in [5, 5.41) is 26.7. The van der Waals surface area contributed by atoms with E-state index in [1.165, 1.54) is 37.7 Å². The number of aliphatic hydroxyl groups is 3. The third kappa shape index (κ3) is 24.2. The minimum Gasteiger partial charge on any atom is -0.465 e. The quantitative estimate of drug-likeness (QED) is 0.0662. The number of aliphatic hydroxyl groups excluding tert-OH is 3. The first-order chi connectivity index (χ1) is 32.0. The number of benzene rings is 5. The Balaban J connectivity index is 0. The van der Waals surface area contributed by atoms with E-state index in [1.54, 1.807) is 12.1 Å². The standard InChI is InChI=1S/C16H16S.C13H18O2.C11H15NO.C11H14O2.C2H6.3CH4O/c1-3-11(2)12-8-6-9-14-13-7-4-5-10-15(13)17-16(12)14;1-3-11(2)13(14)15-10-9-12-7-5-4-6-8-12;1-3-9(2)11(13)12-10-7-5-4-6-8-10;1-3-9(2)11(12)13-10-7-5-4-6-8-10;4*1-2/h4-11H,3H2,1-2H3;4-8,11H,3,9-10H2,1-2H3;4-9H,3H2,1-2H3,(H,12,13);4-9H,3H2,1-2H3;1-2H3;3*2H,1H3. The van der Waals surface area contributed by atoms with Crippen LogP contribution in [0.5, 0.6) is 5.75 Å². The van der Waals surface area contributed by atoms with Crippen LogP contribution in [-0.2, 0) is 25.5 Å². The number of thiophene rings is 1. The number of nitrogens with one attached hydrogen (secondary N) is 1. The zero-order valence-electron chi connectivity index (χ0n) is 42.0. The van der Waals surface area contributed by atoms with Crippen molar-refractivity contribution >= 4 is 55.0 Å². The van der Waals surface area contributed by atoms with Crippen molar-refractivity contribution in [3.63, 3.8) is 0 Å². The third-order valence-electron chi connectivity index (χ3n) is 10.1. The first-order valence-electron chi connectivity index (χ1n) is 23.1. The molecule has 10 heteroatoms. The topological polar surface area (TPSA) is 142 Å². The lowest BCUT2D eigenvalue weighted by Gasteiger charge is -2.09. The molecular weight excluding hydrogens is 847 g/mol. The molecule has 6 rings (SSSR count). The molecule has 0 saturated heterocycles. The number of hydrogen-bond donors (Lipinski definition) is 4. The summed E-state index contributed by atoms with van der Waals surface area (Å²) in [5.41, 5.74) is 3.58. The summed E-state index contributed by atoms with van der Waals surface area (Å²) < 4.78 is 13.2. The minimum atomic E-state index is -0.159. The van der Waals surface area contributed by atoms with Crippen molar-refractivity contribution in [2.75, 3.05) is 33.3 Å². The fourth-order valence-electron chi connectivity index (χ4n) is 5.44. The number of para-hydroxylation sites is 2. The highest BCUT2D eigenvalue weighted by molar-refractivity contribution is 7.26. The van der Waals surface area contributed by atoms with Crippen molar-refractivity contribution < 1.29 is 39.2 Å². The van der Waals surface area contributed by atoms with Gasteiger partial charge in [0, 0.05) is 59.5 Å². The molecule has 1 heterocycles. The molecule has 364 valence electrons. The van der Waals surface area contributed by atoms with Crippen molar-refractivity contribution in [3.8, 4) is 5.75 Å². The van der Waals surface area contributed by atoms with Crippen LogP contribution in [0.2, 0.25) is 0 Å². The van der Waals surface area contributed by atoms with Gasteiger partial charge in [-0.25, -0.2) is 0 Å². The maximum atomic E-state index is 11.4. The van der Waals surface area contributed by atoms with E-state index in [9.17, 15) is 14.4 Å². The van der Waals surface area contributed by atoms with Crippen LogP contribution in [0.4, 0.5) is 5.69 Å². The number of anilines is 1. The molecule has 0 radical (unpaired) electrons. The highest BCUT2D eigenvalue weighted by atomic mass is 32.1. The second-order valence-electron chi connectivity index (χ2n) is 14.6. The lowest BCUT2D eigenvalue weighted by Crippen LogP contribution is -2.19. The smallest absolute Gasteiger partial charge is 0.314 e. The van der Waals surface area contributed by atoms with Crippen LogP contribution >= 0.6 is 11.3 Å². The molecule has 66 heavy (non-hydrogen) atoms. The molecule has 0 spiro atoms. The van der Waals surface area contributed by atoms with Gasteiger partial charge in [0.2, 0.25) is 5.91 Å². The Bertz CT molecular complexity index is 2030. The van der Waals surface area contributed by atoms with E-state index in [0.29, 0.717) is 18.3 Å². The van der Waals surface area contributed by atoms with Crippen LogP contribution < -0.4 is 10.1 Å². The number of rotatable bonds is 13. The number of carbonyl (C=O) groups is 3. The van der Waals surface area contributed by atoms with Crippen molar-refractivity contribution in [3.05, 3.63) is 145 Å². The fourth-order valence-corrected chi connectivity index (χ4v) is 6.77. The molecule has 4 atom stereocenters. The van der Waals surface area contributed by atoms with Gasteiger partial charge in [0.05, 0.1) is 18.4 Å². The molecule has 6 aromatic rings. The maximum Gasteiger partial charge on any atom is 0.314 e. The molecule has 4 unspecified atom stereocenters. The predicted octanol–water partition coefficient (Wildman–Crippen LogP) is 13.5. The van der Waals surface area contributed by atoms with E-state index < -0.39 is 0 Å². The molecule has 0 aliphatic rings. The van der Waals surface area contributed by atoms with Crippen molar-refractivity contribution in [1.29, 1.82) is 0 Å². The van der Waals surface area contributed by atoms with Gasteiger partial charge in [0.25, 0.3) is 0 Å². The van der Waals surface area contributed by atoms with Crippen LogP contribution in [0.1, 0.15) is 112 Å². The molecule has 0 bridgehead atoms. The Morgan fingerprint density at radius 2 is 1.02 bits per heavy atom. The largest absolute Gasteiger partial charge is 0.465 e. The highest BCUT2D eigenvalue weighted by Gasteiger charge is 2.14. The van der Waals surface area contributed by atoms with E-state index >= 15 is 0 Å². The van der Waals surface area contributed by atoms with Gasteiger partial charge in [0.1, 0.15) is 5.75 Å². The Labute approximate surface area is 401 Å². The van der Waals surface area contributed by atoms with Crippen molar-refractivity contribution in [2.24, 2.45) is 17.8 Å². The van der Waals surface area contributed by atoms with Crippen molar-refractivity contribution in [2.45, 2.75) is 107 Å². The fraction of sp³-hybridized carbons (Fsp3) is 0.411. The Hall–Kier alpha value is -5.39. The number of amides is 1. The zero-order chi connectivity index (χ0) is 50.3. The number of fused-ring (bicyclic) bond motifs is 3. The molecule has 1 amide bonds. The predicted molar refractivity (Wildman–Crippen MR) is 280 cm³/mol. The van der Waals surface area contributed by atoms with Gasteiger partial charge in [-0.15, -0.1) is 11.3 Å². The van der Waals surface area contributed by atoms with E-state index in [-0.39, 0.29) is 35.6 Å². The van der Waals surface area contributed by atoms with Crippen molar-refractivity contribution in [1.82, 2.24) is 0 Å². The van der Waals surface area contributed by atoms with E-state index in [2.05, 4.69) is 61.6 Å². The normalized spacial score (nSPS) is 11.3. The molecule has 5 aromatic carbocycles. The summed E-state index contributed by atoms with van der Waals surface area (Å²) in [7, 11) is 3.00. The second kappa shape index (κ2) is 39.9. The average Bonchev–Trinajstić information content (AvgIpc) is 3.78. The summed E-state index contributed by atoms with van der Waals surface area (Å²) in [6.07, 6.45) is 4.52. The lowest BCUT2D eigenvalue weighted by atomic mass is 9.97. The number of carbonyl (C=O) groups excluding carboxylic acids is 3. The van der Waals surface area contributed by atoms with Gasteiger partial charge in [0.15, 0.2) is 0 Å². The van der Waals surface area contributed by atoms with E-state index in [1.807, 2.05) is 146 Å². The van der Waals surface area contributed by atoms with E-state index in [4.69, 9.17) is 24.8 Å². The monoisotopic (exact) mass is 928 g/mol. The molecule has 0 saturated carbocycles. The van der Waals surface area contributed by atoms with Crippen LogP contribution in [0.15, 0.2) is 133 Å². The Morgan fingerprint density at radius 3 is 1.55 bits per heavy atom. The summed E-state index contributed by atoms with van der Waals surface area (Å²) in [6.45, 7) is 20.7. The second-order valence-corrected chi connectivity index (χ2v) is 15.6. The van der Waals surface area contributed by atoms with E-state index in [0.717, 1.165) is 52.7 Å². The minimum absolute atomic E-state index is 0.0146. The van der Waals surface area contributed by atoms with Crippen LogP contribution in [0, 0.1) is 17.8 Å². The Morgan fingerprint density at radius 1 is 0.545 bits per heavy atom. The molecule has 1 aromatic heterocycles. The SMILES string of the molecule is CC.CCC(C)C(=O)Nc1ccccc1.CCC(C)C(=O)OCCc1ccccc1.CCC(C)C(=O)Oc1ccccc1.CCC(C)c1cccc2c1sc1ccccc12.CO.CO.CO. The molecule has 0 aliphatic carbocycles. The van der Waals surface area contributed by atoms with Gasteiger partial charge in [-0.05, 0) is 73.1 Å². The zero-order valence-corrected chi connectivity index (χ0v) is 42.9. The average molecular weight is 928 g/mol. The van der Waals surface area contributed by atoms with Gasteiger partial charge in [-0.3, -0.25) is 14.4 Å². The van der Waals surface area contributed by atoms with Crippen LogP contribution in [0.25, 0.3) is 20.2 Å². The first kappa shape index (κ1) is 62.7. The van der Waals surface area contributed by atoms with Crippen LogP contribution in [0.3, 0.4) is 0 Å². The molecular formula is C56H81NO8S. The van der Waals surface area contributed by atoms with Gasteiger partial charge in [-0.1, -0.05) is 172 Å². The summed E-state index contributed by atoms with van der Waals surface area (Å²) in [6, 6.07) is 44.1. The summed E-state index contributed by atoms with van der Waals surface area (Å²) in [4.78, 5) is 34.1. The Kier molecular flexibility index (Phi) is 37.9. The van der Waals surface area contributed by atoms with Crippen LogP contribution in [-0.4, -0.2) is 61.1 Å². The number of ether oxygens (including phenoxy) is 2. The molecule has 0 aliphatic heterocycles. The number of esters is 2. The number of hydrogen-bond acceptors (Lipinski definition) is 9. The molecule has 9 nitrogen and oxygen atoms in total. The molecule has 0 fully saturated rings. The van der Waals surface area contributed by atoms with Gasteiger partial charge < -0.3 is 30.1 Å². The van der Waals surface area contributed by atoms with Gasteiger partial charge >= 0.3 is 11.9 Å². The maximum absolute atomic E-state index is 11.4. The summed E-state index contributed by atoms with van der Waals surface area (Å²) >= 11 is 1.93. The first-order valence-corrected chi connectivity index (χ1v) is 23.9. The molecule has 4 N–H and O–H groups in total. The summed E-state index contributed by atoms with van der Waals surface area (Å²) in [5.74, 6) is 1.18. The highest BCUT2D eigenvalue weighted by Crippen LogP contribution is 2.38.